The van der Waals surface area contributed by atoms with Crippen molar-refractivity contribution in [1.82, 2.24) is 9.97 Å². The molecule has 108 valence electrons. The van der Waals surface area contributed by atoms with Gasteiger partial charge in [-0.2, -0.15) is 4.98 Å². The monoisotopic (exact) mass is 362 g/mol. The topological polar surface area (TPSA) is 49.8 Å². The SMILES string of the molecule is CNc1nc(NC(C)c2cccc(Br)c2)c2ccsc2n1. The lowest BCUT2D eigenvalue weighted by atomic mass is 10.1. The van der Waals surface area contributed by atoms with Crippen LogP contribution in [0.25, 0.3) is 10.2 Å². The zero-order valence-electron chi connectivity index (χ0n) is 11.7. The minimum Gasteiger partial charge on any atom is -0.363 e. The number of halogens is 1. The molecular formula is C15H15BrN4S. The van der Waals surface area contributed by atoms with Gasteiger partial charge in [-0.25, -0.2) is 4.98 Å². The molecule has 0 radical (unpaired) electrons. The molecule has 2 N–H and O–H groups in total. The van der Waals surface area contributed by atoms with Crippen LogP contribution in [0, 0.1) is 0 Å². The quantitative estimate of drug-likeness (QED) is 0.707. The van der Waals surface area contributed by atoms with Crippen LogP contribution >= 0.6 is 27.3 Å². The number of aromatic nitrogens is 2. The van der Waals surface area contributed by atoms with Crippen molar-refractivity contribution >= 4 is 49.2 Å². The van der Waals surface area contributed by atoms with Gasteiger partial charge in [-0.05, 0) is 36.1 Å². The number of hydrogen-bond acceptors (Lipinski definition) is 5. The second-order valence-electron chi connectivity index (χ2n) is 4.71. The van der Waals surface area contributed by atoms with Crippen molar-refractivity contribution in [2.45, 2.75) is 13.0 Å². The maximum Gasteiger partial charge on any atom is 0.225 e. The van der Waals surface area contributed by atoms with E-state index in [0.29, 0.717) is 5.95 Å². The smallest absolute Gasteiger partial charge is 0.225 e. The molecule has 2 heterocycles. The molecule has 0 aliphatic rings. The van der Waals surface area contributed by atoms with Gasteiger partial charge in [0.15, 0.2) is 0 Å². The second-order valence-corrected chi connectivity index (χ2v) is 6.52. The van der Waals surface area contributed by atoms with E-state index in [-0.39, 0.29) is 6.04 Å². The first-order chi connectivity index (χ1) is 10.2. The van der Waals surface area contributed by atoms with Gasteiger partial charge >= 0.3 is 0 Å². The Morgan fingerprint density at radius 1 is 1.24 bits per heavy atom. The van der Waals surface area contributed by atoms with Crippen molar-refractivity contribution in [3.05, 3.63) is 45.7 Å². The Hall–Kier alpha value is -1.66. The third-order valence-electron chi connectivity index (χ3n) is 3.25. The summed E-state index contributed by atoms with van der Waals surface area (Å²) in [5.74, 6) is 1.49. The van der Waals surface area contributed by atoms with E-state index in [1.807, 2.05) is 24.6 Å². The Morgan fingerprint density at radius 2 is 2.10 bits per heavy atom. The number of rotatable bonds is 4. The van der Waals surface area contributed by atoms with E-state index in [2.05, 4.69) is 61.7 Å². The molecule has 2 aromatic heterocycles. The summed E-state index contributed by atoms with van der Waals surface area (Å²) >= 11 is 5.13. The van der Waals surface area contributed by atoms with Gasteiger partial charge in [0.1, 0.15) is 10.6 Å². The van der Waals surface area contributed by atoms with E-state index in [9.17, 15) is 0 Å². The fraction of sp³-hybridized carbons (Fsp3) is 0.200. The molecule has 0 aliphatic heterocycles. The van der Waals surface area contributed by atoms with Gasteiger partial charge in [-0.3, -0.25) is 0 Å². The van der Waals surface area contributed by atoms with Crippen LogP contribution in [0.15, 0.2) is 40.2 Å². The zero-order valence-corrected chi connectivity index (χ0v) is 14.1. The molecule has 0 fully saturated rings. The van der Waals surface area contributed by atoms with Crippen molar-refractivity contribution < 1.29 is 0 Å². The van der Waals surface area contributed by atoms with Crippen LogP contribution in [0.3, 0.4) is 0 Å². The molecular weight excluding hydrogens is 348 g/mol. The predicted molar refractivity (Wildman–Crippen MR) is 93.1 cm³/mol. The first-order valence-corrected chi connectivity index (χ1v) is 8.29. The maximum atomic E-state index is 4.54. The average molecular weight is 363 g/mol. The Kier molecular flexibility index (Phi) is 4.07. The van der Waals surface area contributed by atoms with E-state index in [4.69, 9.17) is 0 Å². The molecule has 0 saturated carbocycles. The maximum absolute atomic E-state index is 4.54. The van der Waals surface area contributed by atoms with Crippen molar-refractivity contribution in [2.24, 2.45) is 0 Å². The lowest BCUT2D eigenvalue weighted by Crippen LogP contribution is -2.09. The standard InChI is InChI=1S/C15H15BrN4S/c1-9(10-4-3-5-11(16)8-10)18-13-12-6-7-21-14(12)20-15(17-2)19-13/h3-9H,1-2H3,(H2,17,18,19,20). The minimum atomic E-state index is 0.158. The summed E-state index contributed by atoms with van der Waals surface area (Å²) in [6.07, 6.45) is 0. The second kappa shape index (κ2) is 5.99. The predicted octanol–water partition coefficient (Wildman–Crippen LogP) is 4.67. The van der Waals surface area contributed by atoms with Gasteiger partial charge in [0.25, 0.3) is 0 Å². The van der Waals surface area contributed by atoms with Crippen LogP contribution in [0.2, 0.25) is 0 Å². The summed E-state index contributed by atoms with van der Waals surface area (Å²) < 4.78 is 1.08. The molecule has 1 unspecified atom stereocenters. The Morgan fingerprint density at radius 3 is 2.86 bits per heavy atom. The molecule has 0 amide bonds. The molecule has 3 aromatic rings. The number of nitrogens with zero attached hydrogens (tertiary/aromatic N) is 2. The largest absolute Gasteiger partial charge is 0.363 e. The highest BCUT2D eigenvalue weighted by Gasteiger charge is 2.12. The minimum absolute atomic E-state index is 0.158. The molecule has 4 nitrogen and oxygen atoms in total. The number of anilines is 2. The van der Waals surface area contributed by atoms with Crippen molar-refractivity contribution in [1.29, 1.82) is 0 Å². The summed E-state index contributed by atoms with van der Waals surface area (Å²) in [5.41, 5.74) is 1.21. The van der Waals surface area contributed by atoms with Gasteiger partial charge in [0, 0.05) is 11.5 Å². The van der Waals surface area contributed by atoms with Crippen molar-refractivity contribution in [3.63, 3.8) is 0 Å². The van der Waals surface area contributed by atoms with Gasteiger partial charge in [0.05, 0.1) is 11.4 Å². The van der Waals surface area contributed by atoms with Crippen LogP contribution in [0.5, 0.6) is 0 Å². The summed E-state index contributed by atoms with van der Waals surface area (Å²) in [6.45, 7) is 2.13. The first-order valence-electron chi connectivity index (χ1n) is 6.62. The lowest BCUT2D eigenvalue weighted by molar-refractivity contribution is 0.875. The van der Waals surface area contributed by atoms with Crippen LogP contribution in [0.1, 0.15) is 18.5 Å². The van der Waals surface area contributed by atoms with Crippen LogP contribution < -0.4 is 10.6 Å². The van der Waals surface area contributed by atoms with E-state index in [1.54, 1.807) is 11.3 Å². The molecule has 3 rings (SSSR count). The highest BCUT2D eigenvalue weighted by Crippen LogP contribution is 2.29. The number of nitrogens with one attached hydrogen (secondary N) is 2. The van der Waals surface area contributed by atoms with Crippen molar-refractivity contribution in [2.75, 3.05) is 17.7 Å². The van der Waals surface area contributed by atoms with E-state index >= 15 is 0 Å². The molecule has 0 bridgehead atoms. The third kappa shape index (κ3) is 3.01. The Labute approximate surface area is 135 Å². The fourth-order valence-electron chi connectivity index (χ4n) is 2.14. The number of hydrogen-bond donors (Lipinski definition) is 2. The molecule has 0 saturated heterocycles. The van der Waals surface area contributed by atoms with Crippen LogP contribution in [-0.2, 0) is 0 Å². The lowest BCUT2D eigenvalue weighted by Gasteiger charge is -2.16. The highest BCUT2D eigenvalue weighted by molar-refractivity contribution is 9.10. The summed E-state index contributed by atoms with van der Waals surface area (Å²) in [5, 5.41) is 9.58. The van der Waals surface area contributed by atoms with Gasteiger partial charge in [0.2, 0.25) is 5.95 Å². The van der Waals surface area contributed by atoms with E-state index < -0.39 is 0 Å². The van der Waals surface area contributed by atoms with Crippen molar-refractivity contribution in [3.8, 4) is 0 Å². The fourth-order valence-corrected chi connectivity index (χ4v) is 3.32. The van der Waals surface area contributed by atoms with Crippen LogP contribution in [0.4, 0.5) is 11.8 Å². The summed E-state index contributed by atoms with van der Waals surface area (Å²) in [7, 11) is 1.83. The molecule has 1 aromatic carbocycles. The zero-order chi connectivity index (χ0) is 14.8. The summed E-state index contributed by atoms with van der Waals surface area (Å²) in [4.78, 5) is 9.98. The first kappa shape index (κ1) is 14.3. The van der Waals surface area contributed by atoms with Gasteiger partial charge in [-0.15, -0.1) is 11.3 Å². The highest BCUT2D eigenvalue weighted by atomic mass is 79.9. The molecule has 0 spiro atoms. The van der Waals surface area contributed by atoms with Crippen LogP contribution in [-0.4, -0.2) is 17.0 Å². The Balaban J connectivity index is 1.95. The molecule has 0 aliphatic carbocycles. The normalized spacial score (nSPS) is 12.3. The average Bonchev–Trinajstić information content (AvgIpc) is 2.95. The number of benzene rings is 1. The third-order valence-corrected chi connectivity index (χ3v) is 4.55. The van der Waals surface area contributed by atoms with E-state index in [0.717, 1.165) is 20.5 Å². The van der Waals surface area contributed by atoms with Gasteiger partial charge in [-0.1, -0.05) is 28.1 Å². The number of thiophene rings is 1. The molecule has 1 atom stereocenters. The summed E-state index contributed by atoms with van der Waals surface area (Å²) in [6, 6.07) is 10.5. The molecule has 21 heavy (non-hydrogen) atoms. The van der Waals surface area contributed by atoms with E-state index in [1.165, 1.54) is 5.56 Å². The number of fused-ring (bicyclic) bond motifs is 1. The molecule has 6 heteroatoms. The Bertz CT molecular complexity index is 771. The van der Waals surface area contributed by atoms with Gasteiger partial charge < -0.3 is 10.6 Å².